The molecular weight excluding hydrogens is 289 g/mol. The molecule has 0 aromatic heterocycles. The zero-order chi connectivity index (χ0) is 11.1. The Morgan fingerprint density at radius 3 is 1.71 bits per heavy atom. The van der Waals surface area contributed by atoms with Crippen LogP contribution in [-0.4, -0.2) is 9.54 Å². The minimum atomic E-state index is -0.750. The Hall–Kier alpha value is 0.340. The molecule has 1 aromatic rings. The normalized spacial score (nSPS) is 9.29. The van der Waals surface area contributed by atoms with E-state index in [2.05, 4.69) is 0 Å². The van der Waals surface area contributed by atoms with E-state index >= 15 is 0 Å². The lowest BCUT2D eigenvalue weighted by Gasteiger charge is -1.91. The molecule has 0 aliphatic rings. The van der Waals surface area contributed by atoms with E-state index in [0.717, 1.165) is 0 Å². The molecule has 0 spiro atoms. The zero-order valence-electron chi connectivity index (χ0n) is 6.68. The van der Waals surface area contributed by atoms with Crippen LogP contribution < -0.4 is 0 Å². The molecule has 78 valence electrons. The quantitative estimate of drug-likeness (QED) is 0.542. The van der Waals surface area contributed by atoms with E-state index in [0.29, 0.717) is 10.6 Å². The van der Waals surface area contributed by atoms with Gasteiger partial charge in [-0.3, -0.25) is 4.79 Å². The summed E-state index contributed by atoms with van der Waals surface area (Å²) in [7, 11) is 0. The standard InChI is InChI=1S/C7H4Cl2O.CHCl3/c8-6-3-1-5(2-4-6)7(9)10;2-1(3)4/h1-4H;1H. The first-order chi connectivity index (χ1) is 6.43. The summed E-state index contributed by atoms with van der Waals surface area (Å²) in [5.41, 5.74) is 0.464. The number of alkyl halides is 3. The SMILES string of the molecule is ClC(Cl)Cl.O=C(Cl)c1ccc(Cl)cc1. The molecule has 1 nitrogen and oxygen atoms in total. The summed E-state index contributed by atoms with van der Waals surface area (Å²) in [5.74, 6) is 0. The van der Waals surface area contributed by atoms with Gasteiger partial charge in [-0.15, -0.1) is 0 Å². The Morgan fingerprint density at radius 2 is 1.43 bits per heavy atom. The van der Waals surface area contributed by atoms with Crippen LogP contribution in [0.2, 0.25) is 5.02 Å². The van der Waals surface area contributed by atoms with Crippen molar-refractivity contribution in [2.24, 2.45) is 0 Å². The van der Waals surface area contributed by atoms with Gasteiger partial charge >= 0.3 is 0 Å². The highest BCUT2D eigenvalue weighted by atomic mass is 35.6. The number of hydrogen-bond acceptors (Lipinski definition) is 1. The van der Waals surface area contributed by atoms with E-state index < -0.39 is 9.54 Å². The Balaban J connectivity index is 0.000000364. The average Bonchev–Trinajstić information content (AvgIpc) is 2.03. The maximum atomic E-state index is 10.5. The summed E-state index contributed by atoms with van der Waals surface area (Å²) in [6.07, 6.45) is 0. The number of carbonyl (C=O) groups is 1. The fourth-order valence-electron chi connectivity index (χ4n) is 0.581. The number of rotatable bonds is 1. The summed E-state index contributed by atoms with van der Waals surface area (Å²) < 4.78 is -0.750. The third-order valence-electron chi connectivity index (χ3n) is 1.07. The van der Waals surface area contributed by atoms with Gasteiger partial charge in [0.05, 0.1) is 0 Å². The van der Waals surface area contributed by atoms with Gasteiger partial charge in [0.25, 0.3) is 5.24 Å². The van der Waals surface area contributed by atoms with Crippen LogP contribution in [0, 0.1) is 0 Å². The van der Waals surface area contributed by atoms with Crippen molar-refractivity contribution in [3.8, 4) is 0 Å². The number of carbonyl (C=O) groups excluding carboxylic acids is 1. The Kier molecular flexibility index (Phi) is 7.79. The summed E-state index contributed by atoms with van der Waals surface area (Å²) in [6, 6.07) is 6.41. The minimum absolute atomic E-state index is 0.461. The van der Waals surface area contributed by atoms with E-state index in [1.807, 2.05) is 0 Å². The van der Waals surface area contributed by atoms with E-state index in [4.69, 9.17) is 58.0 Å². The third-order valence-corrected chi connectivity index (χ3v) is 1.54. The van der Waals surface area contributed by atoms with E-state index in [1.54, 1.807) is 24.3 Å². The summed E-state index contributed by atoms with van der Waals surface area (Å²) in [5, 5.41) is 0.137. The molecule has 0 amide bonds. The predicted octanol–water partition coefficient (Wildman–Crippen LogP) is 4.71. The van der Waals surface area contributed by atoms with Gasteiger partial charge in [0.15, 0.2) is 4.30 Å². The molecular formula is C8H5Cl5O. The number of hydrogen-bond donors (Lipinski definition) is 0. The van der Waals surface area contributed by atoms with Gasteiger partial charge in [-0.2, -0.15) is 0 Å². The molecule has 0 saturated heterocycles. The van der Waals surface area contributed by atoms with Crippen molar-refractivity contribution in [1.29, 1.82) is 0 Å². The molecule has 0 bridgehead atoms. The van der Waals surface area contributed by atoms with Gasteiger partial charge < -0.3 is 0 Å². The topological polar surface area (TPSA) is 17.1 Å². The first-order valence-electron chi connectivity index (χ1n) is 3.31. The van der Waals surface area contributed by atoms with E-state index in [1.165, 1.54) is 0 Å². The monoisotopic (exact) mass is 292 g/mol. The Bertz CT molecular complexity index is 280. The first kappa shape index (κ1) is 14.3. The maximum Gasteiger partial charge on any atom is 0.252 e. The smallest absolute Gasteiger partial charge is 0.252 e. The molecule has 0 heterocycles. The van der Waals surface area contributed by atoms with Crippen molar-refractivity contribution in [2.45, 2.75) is 4.30 Å². The first-order valence-corrected chi connectivity index (χ1v) is 5.37. The summed E-state index contributed by atoms with van der Waals surface area (Å²) >= 11 is 25.2. The molecule has 14 heavy (non-hydrogen) atoms. The molecule has 0 saturated carbocycles. The summed E-state index contributed by atoms with van der Waals surface area (Å²) in [6.45, 7) is 0. The lowest BCUT2D eigenvalue weighted by atomic mass is 10.2. The second-order valence-corrected chi connectivity index (χ2v) is 4.79. The highest BCUT2D eigenvalue weighted by molar-refractivity contribution is 6.67. The molecule has 0 aliphatic carbocycles. The largest absolute Gasteiger partial charge is 0.276 e. The Labute approximate surface area is 107 Å². The molecule has 0 fully saturated rings. The predicted molar refractivity (Wildman–Crippen MR) is 63.0 cm³/mol. The van der Waals surface area contributed by atoms with Crippen LogP contribution in [0.5, 0.6) is 0 Å². The van der Waals surface area contributed by atoms with E-state index in [9.17, 15) is 4.79 Å². The van der Waals surface area contributed by atoms with Crippen molar-refractivity contribution in [1.82, 2.24) is 0 Å². The van der Waals surface area contributed by atoms with Gasteiger partial charge in [-0.05, 0) is 35.9 Å². The molecule has 1 rings (SSSR count). The highest BCUT2D eigenvalue weighted by Crippen LogP contribution is 2.10. The molecule has 0 radical (unpaired) electrons. The minimum Gasteiger partial charge on any atom is -0.276 e. The van der Waals surface area contributed by atoms with Crippen LogP contribution in [0.1, 0.15) is 10.4 Å². The third kappa shape index (κ3) is 7.72. The van der Waals surface area contributed by atoms with Crippen LogP contribution in [0.25, 0.3) is 0 Å². The molecule has 0 atom stereocenters. The van der Waals surface area contributed by atoms with Gasteiger partial charge in [0.1, 0.15) is 0 Å². The van der Waals surface area contributed by atoms with Crippen molar-refractivity contribution >= 4 is 63.2 Å². The van der Waals surface area contributed by atoms with Gasteiger partial charge in [-0.25, -0.2) is 0 Å². The van der Waals surface area contributed by atoms with Crippen LogP contribution in [-0.2, 0) is 0 Å². The second-order valence-electron chi connectivity index (χ2n) is 2.03. The molecule has 6 heteroatoms. The average molecular weight is 294 g/mol. The zero-order valence-corrected chi connectivity index (χ0v) is 10.5. The fraction of sp³-hybridized carbons (Fsp3) is 0.125. The number of benzene rings is 1. The Morgan fingerprint density at radius 1 is 1.07 bits per heavy atom. The second kappa shape index (κ2) is 7.61. The highest BCUT2D eigenvalue weighted by Gasteiger charge is 1.98. The van der Waals surface area contributed by atoms with Crippen molar-refractivity contribution in [3.63, 3.8) is 0 Å². The van der Waals surface area contributed by atoms with Crippen molar-refractivity contribution < 1.29 is 4.79 Å². The van der Waals surface area contributed by atoms with Crippen molar-refractivity contribution in [3.05, 3.63) is 34.9 Å². The maximum absolute atomic E-state index is 10.5. The molecule has 1 aromatic carbocycles. The fourth-order valence-corrected chi connectivity index (χ4v) is 0.833. The van der Waals surface area contributed by atoms with E-state index in [-0.39, 0.29) is 0 Å². The van der Waals surface area contributed by atoms with Crippen LogP contribution >= 0.6 is 58.0 Å². The van der Waals surface area contributed by atoms with Crippen molar-refractivity contribution in [2.75, 3.05) is 0 Å². The molecule has 0 unspecified atom stereocenters. The summed E-state index contributed by atoms with van der Waals surface area (Å²) in [4.78, 5) is 10.5. The van der Waals surface area contributed by atoms with Crippen LogP contribution in [0.15, 0.2) is 24.3 Å². The molecule has 0 N–H and O–H groups in total. The lowest BCUT2D eigenvalue weighted by molar-refractivity contribution is 0.108. The van der Waals surface area contributed by atoms with Gasteiger partial charge in [0, 0.05) is 10.6 Å². The van der Waals surface area contributed by atoms with Crippen LogP contribution in [0.3, 0.4) is 0 Å². The lowest BCUT2D eigenvalue weighted by Crippen LogP contribution is -1.85. The number of halogens is 5. The van der Waals surface area contributed by atoms with Gasteiger partial charge in [0.2, 0.25) is 0 Å². The molecule has 0 aliphatic heterocycles. The van der Waals surface area contributed by atoms with Crippen LogP contribution in [0.4, 0.5) is 0 Å². The van der Waals surface area contributed by atoms with Gasteiger partial charge in [-0.1, -0.05) is 46.4 Å².